The largest absolute Gasteiger partial charge is 0.508 e. The van der Waals surface area contributed by atoms with Gasteiger partial charge in [-0.1, -0.05) is 60.7 Å². The summed E-state index contributed by atoms with van der Waals surface area (Å²) in [5.41, 5.74) is 4.92. The highest BCUT2D eigenvalue weighted by molar-refractivity contribution is 6.13. The van der Waals surface area contributed by atoms with Gasteiger partial charge in [0.15, 0.2) is 5.78 Å². The lowest BCUT2D eigenvalue weighted by Gasteiger charge is -2.08. The molecule has 0 saturated heterocycles. The van der Waals surface area contributed by atoms with Gasteiger partial charge in [-0.25, -0.2) is 4.79 Å². The molecular formula is C25H18O4. The van der Waals surface area contributed by atoms with Crippen LogP contribution in [0.25, 0.3) is 17.2 Å². The van der Waals surface area contributed by atoms with E-state index in [0.717, 1.165) is 22.3 Å². The molecule has 142 valence electrons. The van der Waals surface area contributed by atoms with Gasteiger partial charge in [-0.2, -0.15) is 0 Å². The number of aromatic hydroxyl groups is 1. The molecule has 3 aromatic rings. The van der Waals surface area contributed by atoms with Crippen molar-refractivity contribution in [3.05, 3.63) is 107 Å². The fourth-order valence-electron chi connectivity index (χ4n) is 3.51. The zero-order valence-electron chi connectivity index (χ0n) is 15.5. The van der Waals surface area contributed by atoms with E-state index in [4.69, 9.17) is 0 Å². The van der Waals surface area contributed by atoms with Crippen molar-refractivity contribution in [2.45, 2.75) is 6.42 Å². The van der Waals surface area contributed by atoms with Crippen LogP contribution in [0, 0.1) is 0 Å². The van der Waals surface area contributed by atoms with Gasteiger partial charge in [-0.05, 0) is 46.5 Å². The summed E-state index contributed by atoms with van der Waals surface area (Å²) in [6.07, 6.45) is 5.85. The molecule has 0 spiro atoms. The minimum atomic E-state index is -0.987. The van der Waals surface area contributed by atoms with Crippen molar-refractivity contribution in [3.8, 4) is 16.9 Å². The van der Waals surface area contributed by atoms with Crippen LogP contribution in [0.3, 0.4) is 0 Å². The standard InChI is InChI=1S/C25H18O4/c26-21-11-9-18-13-19(24(27)23(18)15-21)8-4-7-17-14-20(25(28)29)10-12-22(17)16-5-2-1-3-6-16/h1-12,14-15,26H,13H2,(H,28,29)/b7-4+,19-8+. The van der Waals surface area contributed by atoms with E-state index >= 15 is 0 Å². The van der Waals surface area contributed by atoms with Crippen LogP contribution in [0.2, 0.25) is 0 Å². The lowest BCUT2D eigenvalue weighted by molar-refractivity contribution is 0.0696. The molecule has 29 heavy (non-hydrogen) atoms. The van der Waals surface area contributed by atoms with E-state index < -0.39 is 5.97 Å². The van der Waals surface area contributed by atoms with Crippen molar-refractivity contribution in [2.24, 2.45) is 0 Å². The third-order valence-electron chi connectivity index (χ3n) is 4.97. The van der Waals surface area contributed by atoms with E-state index in [-0.39, 0.29) is 17.1 Å². The number of carbonyl (C=O) groups is 2. The highest BCUT2D eigenvalue weighted by Crippen LogP contribution is 2.30. The first-order chi connectivity index (χ1) is 14.0. The number of ketones is 1. The van der Waals surface area contributed by atoms with Crippen molar-refractivity contribution in [1.29, 1.82) is 0 Å². The summed E-state index contributed by atoms with van der Waals surface area (Å²) in [4.78, 5) is 23.9. The molecule has 4 heteroatoms. The van der Waals surface area contributed by atoms with Crippen LogP contribution in [0.1, 0.15) is 31.8 Å². The maximum absolute atomic E-state index is 12.5. The lowest BCUT2D eigenvalue weighted by atomic mass is 9.97. The number of carboxylic acid groups (broad SMARTS) is 1. The maximum Gasteiger partial charge on any atom is 0.335 e. The molecule has 0 amide bonds. The Labute approximate surface area is 168 Å². The molecule has 1 aliphatic carbocycles. The molecule has 0 radical (unpaired) electrons. The number of phenolic OH excluding ortho intramolecular Hbond substituents is 1. The Balaban J connectivity index is 1.68. The molecule has 0 aliphatic heterocycles. The average Bonchev–Trinajstić information content (AvgIpc) is 3.04. The molecule has 3 aromatic carbocycles. The molecule has 4 rings (SSSR count). The number of allylic oxidation sites excluding steroid dienone is 3. The van der Waals surface area contributed by atoms with Gasteiger partial charge in [0.1, 0.15) is 5.75 Å². The van der Waals surface area contributed by atoms with Crippen LogP contribution in [-0.2, 0) is 6.42 Å². The Bertz CT molecular complexity index is 1170. The molecule has 0 fully saturated rings. The van der Waals surface area contributed by atoms with Gasteiger partial charge in [0, 0.05) is 17.6 Å². The van der Waals surface area contributed by atoms with E-state index in [1.165, 1.54) is 6.07 Å². The average molecular weight is 382 g/mol. The van der Waals surface area contributed by atoms with Gasteiger partial charge in [0.25, 0.3) is 0 Å². The van der Waals surface area contributed by atoms with Crippen LogP contribution in [0.5, 0.6) is 5.75 Å². The smallest absolute Gasteiger partial charge is 0.335 e. The van der Waals surface area contributed by atoms with Crippen molar-refractivity contribution >= 4 is 17.8 Å². The zero-order chi connectivity index (χ0) is 20.4. The molecule has 2 N–H and O–H groups in total. The predicted molar refractivity (Wildman–Crippen MR) is 112 cm³/mol. The summed E-state index contributed by atoms with van der Waals surface area (Å²) in [5, 5.41) is 18.9. The summed E-state index contributed by atoms with van der Waals surface area (Å²) < 4.78 is 0. The van der Waals surface area contributed by atoms with Crippen LogP contribution in [-0.4, -0.2) is 22.0 Å². The summed E-state index contributed by atoms with van der Waals surface area (Å²) >= 11 is 0. The Hall–Kier alpha value is -3.92. The fourth-order valence-corrected chi connectivity index (χ4v) is 3.51. The summed E-state index contributed by atoms with van der Waals surface area (Å²) in [6.45, 7) is 0. The number of hydrogen-bond acceptors (Lipinski definition) is 3. The topological polar surface area (TPSA) is 74.6 Å². The number of phenols is 1. The molecule has 0 unspecified atom stereocenters. The first kappa shape index (κ1) is 18.4. The first-order valence-corrected chi connectivity index (χ1v) is 9.19. The normalized spacial score (nSPS) is 14.5. The quantitative estimate of drug-likeness (QED) is 0.613. The summed E-state index contributed by atoms with van der Waals surface area (Å²) in [6, 6.07) is 19.6. The Kier molecular flexibility index (Phi) is 4.83. The minimum absolute atomic E-state index is 0.0758. The third kappa shape index (κ3) is 3.73. The van der Waals surface area contributed by atoms with Gasteiger partial charge < -0.3 is 10.2 Å². The molecule has 4 nitrogen and oxygen atoms in total. The second-order valence-electron chi connectivity index (χ2n) is 6.87. The molecule has 0 bridgehead atoms. The number of Topliss-reactive ketones (excluding diaryl/α,β-unsaturated/α-hetero) is 1. The molecule has 0 heterocycles. The molecule has 0 saturated carbocycles. The Morgan fingerprint density at radius 2 is 1.72 bits per heavy atom. The van der Waals surface area contributed by atoms with Crippen LogP contribution < -0.4 is 0 Å². The number of fused-ring (bicyclic) bond motifs is 1. The van der Waals surface area contributed by atoms with Crippen LogP contribution in [0.4, 0.5) is 0 Å². The van der Waals surface area contributed by atoms with E-state index in [0.29, 0.717) is 17.6 Å². The Morgan fingerprint density at radius 3 is 2.48 bits per heavy atom. The lowest BCUT2D eigenvalue weighted by Crippen LogP contribution is -1.97. The van der Waals surface area contributed by atoms with Crippen LogP contribution in [0.15, 0.2) is 84.5 Å². The monoisotopic (exact) mass is 382 g/mol. The summed E-state index contributed by atoms with van der Waals surface area (Å²) in [7, 11) is 0. The van der Waals surface area contributed by atoms with Crippen LogP contribution >= 0.6 is 0 Å². The van der Waals surface area contributed by atoms with Gasteiger partial charge in [-0.15, -0.1) is 0 Å². The number of rotatable bonds is 4. The zero-order valence-corrected chi connectivity index (χ0v) is 15.5. The molecule has 0 aromatic heterocycles. The van der Waals surface area contributed by atoms with E-state index in [1.807, 2.05) is 36.4 Å². The third-order valence-corrected chi connectivity index (χ3v) is 4.97. The van der Waals surface area contributed by atoms with Crippen molar-refractivity contribution in [2.75, 3.05) is 0 Å². The molecule has 0 atom stereocenters. The predicted octanol–water partition coefficient (Wildman–Crippen LogP) is 5.14. The second-order valence-corrected chi connectivity index (χ2v) is 6.87. The molecule has 1 aliphatic rings. The number of aromatic carboxylic acids is 1. The maximum atomic E-state index is 12.5. The number of benzene rings is 3. The highest BCUT2D eigenvalue weighted by Gasteiger charge is 2.24. The van der Waals surface area contributed by atoms with Gasteiger partial charge >= 0.3 is 5.97 Å². The van der Waals surface area contributed by atoms with Gasteiger partial charge in [0.2, 0.25) is 0 Å². The van der Waals surface area contributed by atoms with Crippen molar-refractivity contribution in [1.82, 2.24) is 0 Å². The number of carbonyl (C=O) groups excluding carboxylic acids is 1. The highest BCUT2D eigenvalue weighted by atomic mass is 16.4. The second kappa shape index (κ2) is 7.60. The van der Waals surface area contributed by atoms with Gasteiger partial charge in [0.05, 0.1) is 5.56 Å². The van der Waals surface area contributed by atoms with E-state index in [9.17, 15) is 19.8 Å². The molecular weight excluding hydrogens is 364 g/mol. The fraction of sp³-hybridized carbons (Fsp3) is 0.0400. The Morgan fingerprint density at radius 1 is 0.931 bits per heavy atom. The van der Waals surface area contributed by atoms with E-state index in [2.05, 4.69) is 0 Å². The minimum Gasteiger partial charge on any atom is -0.508 e. The van der Waals surface area contributed by atoms with E-state index in [1.54, 1.807) is 42.5 Å². The summed E-state index contributed by atoms with van der Waals surface area (Å²) in [5.74, 6) is -1.01. The van der Waals surface area contributed by atoms with Crippen molar-refractivity contribution in [3.63, 3.8) is 0 Å². The SMILES string of the molecule is O=C(O)c1ccc(-c2ccccc2)c(/C=C/C=C2\Cc3ccc(O)cc3C2=O)c1. The van der Waals surface area contributed by atoms with Gasteiger partial charge in [-0.3, -0.25) is 4.79 Å². The number of hydrogen-bond donors (Lipinski definition) is 2. The first-order valence-electron chi connectivity index (χ1n) is 9.19. The van der Waals surface area contributed by atoms with Crippen molar-refractivity contribution < 1.29 is 19.8 Å². The number of carboxylic acids is 1.